The third kappa shape index (κ3) is 2.12. The minimum absolute atomic E-state index is 1.30. The summed E-state index contributed by atoms with van der Waals surface area (Å²) in [6, 6.07) is 26.2. The Hall–Kier alpha value is -1.87. The molecule has 0 aliphatic heterocycles. The van der Waals surface area contributed by atoms with Crippen molar-refractivity contribution in [1.82, 2.24) is 0 Å². The Balaban J connectivity index is 2.23. The summed E-state index contributed by atoms with van der Waals surface area (Å²) in [6.07, 6.45) is 0. The quantitative estimate of drug-likeness (QED) is 0.253. The molecule has 0 atom stereocenters. The molecule has 0 heterocycles. The molecule has 106 valence electrons. The molecule has 0 aliphatic carbocycles. The van der Waals surface area contributed by atoms with Gasteiger partial charge in [0.15, 0.2) is 0 Å². The van der Waals surface area contributed by atoms with Crippen molar-refractivity contribution in [2.75, 3.05) is 0 Å². The number of rotatable bonds is 1. The average Bonchev–Trinajstić information content (AvgIpc) is 2.55. The standard InChI is InChI=1S/C21H15I/c1-14-7-6-8-15(13-14)20-18-11-4-2-9-16(18)17-10-3-5-12-19(17)21(20)22/h2-13H,1H3. The minimum Gasteiger partial charge on any atom is -0.0616 e. The highest BCUT2D eigenvalue weighted by molar-refractivity contribution is 14.1. The fourth-order valence-electron chi connectivity index (χ4n) is 3.18. The van der Waals surface area contributed by atoms with Gasteiger partial charge < -0.3 is 0 Å². The van der Waals surface area contributed by atoms with Crippen LogP contribution in [0.1, 0.15) is 5.56 Å². The zero-order chi connectivity index (χ0) is 15.1. The van der Waals surface area contributed by atoms with Gasteiger partial charge >= 0.3 is 0 Å². The van der Waals surface area contributed by atoms with Gasteiger partial charge in [-0.1, -0.05) is 78.4 Å². The third-order valence-corrected chi connectivity index (χ3v) is 5.30. The van der Waals surface area contributed by atoms with Crippen molar-refractivity contribution < 1.29 is 0 Å². The Bertz CT molecular complexity index is 999. The maximum absolute atomic E-state index is 2.50. The van der Waals surface area contributed by atoms with Gasteiger partial charge in [-0.15, -0.1) is 0 Å². The minimum atomic E-state index is 1.30. The van der Waals surface area contributed by atoms with Crippen LogP contribution in [0.3, 0.4) is 0 Å². The van der Waals surface area contributed by atoms with E-state index in [-0.39, 0.29) is 0 Å². The van der Waals surface area contributed by atoms with Crippen molar-refractivity contribution in [1.29, 1.82) is 0 Å². The lowest BCUT2D eigenvalue weighted by Crippen LogP contribution is -1.90. The lowest BCUT2D eigenvalue weighted by molar-refractivity contribution is 1.47. The van der Waals surface area contributed by atoms with Crippen molar-refractivity contribution in [3.8, 4) is 11.1 Å². The number of hydrogen-bond acceptors (Lipinski definition) is 0. The highest BCUT2D eigenvalue weighted by Gasteiger charge is 2.13. The summed E-state index contributed by atoms with van der Waals surface area (Å²) in [4.78, 5) is 0. The third-order valence-electron chi connectivity index (χ3n) is 4.18. The zero-order valence-corrected chi connectivity index (χ0v) is 14.5. The monoisotopic (exact) mass is 394 g/mol. The first-order valence-corrected chi connectivity index (χ1v) is 8.49. The van der Waals surface area contributed by atoms with Gasteiger partial charge in [-0.25, -0.2) is 0 Å². The summed E-state index contributed by atoms with van der Waals surface area (Å²) >= 11 is 2.50. The maximum atomic E-state index is 2.50. The molecule has 0 saturated carbocycles. The second-order valence-corrected chi connectivity index (χ2v) is 6.73. The highest BCUT2D eigenvalue weighted by Crippen LogP contribution is 2.39. The molecule has 1 heteroatoms. The van der Waals surface area contributed by atoms with Crippen molar-refractivity contribution >= 4 is 44.1 Å². The van der Waals surface area contributed by atoms with E-state index in [4.69, 9.17) is 0 Å². The molecule has 0 spiro atoms. The van der Waals surface area contributed by atoms with Crippen LogP contribution in [-0.2, 0) is 0 Å². The number of benzene rings is 4. The van der Waals surface area contributed by atoms with Crippen LogP contribution in [0.4, 0.5) is 0 Å². The fraction of sp³-hybridized carbons (Fsp3) is 0.0476. The largest absolute Gasteiger partial charge is 0.0616 e. The molecule has 0 N–H and O–H groups in total. The van der Waals surface area contributed by atoms with Gasteiger partial charge in [0, 0.05) is 9.13 Å². The second-order valence-electron chi connectivity index (χ2n) is 5.65. The van der Waals surface area contributed by atoms with Crippen LogP contribution >= 0.6 is 22.6 Å². The SMILES string of the molecule is Cc1cccc(-c2c(I)c3ccccc3c3ccccc23)c1. The first-order chi connectivity index (χ1) is 10.8. The van der Waals surface area contributed by atoms with Crippen molar-refractivity contribution in [2.45, 2.75) is 6.92 Å². The molecule has 4 aromatic carbocycles. The summed E-state index contributed by atoms with van der Waals surface area (Å²) in [7, 11) is 0. The molecular weight excluding hydrogens is 379 g/mol. The molecule has 0 bridgehead atoms. The van der Waals surface area contributed by atoms with E-state index in [0.29, 0.717) is 0 Å². The summed E-state index contributed by atoms with van der Waals surface area (Å²) in [5, 5.41) is 5.32. The number of fused-ring (bicyclic) bond motifs is 3. The van der Waals surface area contributed by atoms with Gasteiger partial charge in [-0.2, -0.15) is 0 Å². The normalized spacial score (nSPS) is 11.2. The molecule has 0 aliphatic rings. The number of hydrogen-bond donors (Lipinski definition) is 0. The van der Waals surface area contributed by atoms with E-state index < -0.39 is 0 Å². The molecule has 0 fully saturated rings. The van der Waals surface area contributed by atoms with Crippen molar-refractivity contribution in [2.24, 2.45) is 0 Å². The van der Waals surface area contributed by atoms with E-state index in [1.54, 1.807) is 0 Å². The van der Waals surface area contributed by atoms with E-state index in [1.165, 1.54) is 41.8 Å². The van der Waals surface area contributed by atoms with E-state index in [0.717, 1.165) is 0 Å². The molecule has 0 radical (unpaired) electrons. The Kier molecular flexibility index (Phi) is 3.38. The van der Waals surface area contributed by atoms with Crippen LogP contribution in [0.5, 0.6) is 0 Å². The molecule has 0 aromatic heterocycles. The summed E-state index contributed by atoms with van der Waals surface area (Å²) in [6.45, 7) is 2.15. The first kappa shape index (κ1) is 13.8. The van der Waals surface area contributed by atoms with E-state index >= 15 is 0 Å². The Morgan fingerprint density at radius 2 is 1.23 bits per heavy atom. The molecule has 22 heavy (non-hydrogen) atoms. The Morgan fingerprint density at radius 1 is 0.636 bits per heavy atom. The van der Waals surface area contributed by atoms with Gasteiger partial charge in [0.1, 0.15) is 0 Å². The zero-order valence-electron chi connectivity index (χ0n) is 12.3. The summed E-state index contributed by atoms with van der Waals surface area (Å²) in [5.74, 6) is 0. The summed E-state index contributed by atoms with van der Waals surface area (Å²) in [5.41, 5.74) is 3.94. The molecule has 0 amide bonds. The lowest BCUT2D eigenvalue weighted by Gasteiger charge is -2.14. The maximum Gasteiger partial charge on any atom is 0.0293 e. The predicted molar refractivity (Wildman–Crippen MR) is 104 cm³/mol. The predicted octanol–water partition coefficient (Wildman–Crippen LogP) is 6.57. The molecule has 4 rings (SSSR count). The van der Waals surface area contributed by atoms with Crippen LogP contribution < -0.4 is 0 Å². The molecule has 0 saturated heterocycles. The topological polar surface area (TPSA) is 0 Å². The number of halogens is 1. The van der Waals surface area contributed by atoms with Crippen LogP contribution in [-0.4, -0.2) is 0 Å². The van der Waals surface area contributed by atoms with Gasteiger partial charge in [0.2, 0.25) is 0 Å². The molecule has 0 unspecified atom stereocenters. The van der Waals surface area contributed by atoms with Crippen molar-refractivity contribution in [3.63, 3.8) is 0 Å². The van der Waals surface area contributed by atoms with Crippen LogP contribution in [0, 0.1) is 10.5 Å². The van der Waals surface area contributed by atoms with Crippen LogP contribution in [0.15, 0.2) is 72.8 Å². The van der Waals surface area contributed by atoms with E-state index in [2.05, 4.69) is 102 Å². The smallest absolute Gasteiger partial charge is 0.0293 e. The second kappa shape index (κ2) is 5.40. The first-order valence-electron chi connectivity index (χ1n) is 7.42. The van der Waals surface area contributed by atoms with Gasteiger partial charge in [0.25, 0.3) is 0 Å². The molecule has 4 aromatic rings. The Labute approximate surface area is 143 Å². The van der Waals surface area contributed by atoms with Gasteiger partial charge in [-0.05, 0) is 56.6 Å². The average molecular weight is 394 g/mol. The highest BCUT2D eigenvalue weighted by atomic mass is 127. The van der Waals surface area contributed by atoms with E-state index in [9.17, 15) is 0 Å². The van der Waals surface area contributed by atoms with Crippen LogP contribution in [0.2, 0.25) is 0 Å². The van der Waals surface area contributed by atoms with Gasteiger partial charge in [0.05, 0.1) is 0 Å². The summed E-state index contributed by atoms with van der Waals surface area (Å²) < 4.78 is 1.33. The van der Waals surface area contributed by atoms with E-state index in [1.807, 2.05) is 0 Å². The number of aryl methyl sites for hydroxylation is 1. The fourth-order valence-corrected chi connectivity index (χ4v) is 4.25. The lowest BCUT2D eigenvalue weighted by atomic mass is 9.93. The Morgan fingerprint density at radius 3 is 1.91 bits per heavy atom. The molecule has 0 nitrogen and oxygen atoms in total. The molecular formula is C21H15I. The van der Waals surface area contributed by atoms with Crippen LogP contribution in [0.25, 0.3) is 32.7 Å². The van der Waals surface area contributed by atoms with Crippen molar-refractivity contribution in [3.05, 3.63) is 81.9 Å². The van der Waals surface area contributed by atoms with Gasteiger partial charge in [-0.3, -0.25) is 0 Å².